The number of hydrogen-bond donors (Lipinski definition) is 0. The fourth-order valence-electron chi connectivity index (χ4n) is 4.85. The Balaban J connectivity index is 1.56. The maximum Gasteiger partial charge on any atom is 0.416 e. The lowest BCUT2D eigenvalue weighted by Crippen LogP contribution is -2.44. The van der Waals surface area contributed by atoms with E-state index in [9.17, 15) is 22.8 Å². The highest BCUT2D eigenvalue weighted by Gasteiger charge is 2.62. The van der Waals surface area contributed by atoms with Crippen LogP contribution < -0.4 is 4.90 Å². The first-order valence-corrected chi connectivity index (χ1v) is 9.99. The highest BCUT2D eigenvalue weighted by atomic mass is 35.5. The van der Waals surface area contributed by atoms with Crippen molar-refractivity contribution in [3.63, 3.8) is 0 Å². The molecular formula is C21H17ClF3N3O2. The van der Waals surface area contributed by atoms with Crippen molar-refractivity contribution in [2.45, 2.75) is 24.7 Å². The zero-order valence-corrected chi connectivity index (χ0v) is 16.4. The van der Waals surface area contributed by atoms with E-state index in [2.05, 4.69) is 0 Å². The summed E-state index contributed by atoms with van der Waals surface area (Å²) in [6, 6.07) is 10.4. The van der Waals surface area contributed by atoms with Crippen molar-refractivity contribution in [1.29, 1.82) is 0 Å². The van der Waals surface area contributed by atoms with Crippen LogP contribution in [-0.2, 0) is 15.8 Å². The molecular weight excluding hydrogens is 419 g/mol. The van der Waals surface area contributed by atoms with Crippen LogP contribution in [0.1, 0.15) is 23.6 Å². The van der Waals surface area contributed by atoms with Gasteiger partial charge in [-0.05, 0) is 42.3 Å². The normalized spacial score (nSPS) is 27.1. The Morgan fingerprint density at radius 1 is 0.900 bits per heavy atom. The number of halogens is 4. The summed E-state index contributed by atoms with van der Waals surface area (Å²) in [5, 5.41) is 4.50. The number of anilines is 1. The summed E-state index contributed by atoms with van der Waals surface area (Å²) < 4.78 is 39.5. The third-order valence-corrected chi connectivity index (χ3v) is 6.30. The van der Waals surface area contributed by atoms with Gasteiger partial charge in [0.2, 0.25) is 5.91 Å². The first-order valence-electron chi connectivity index (χ1n) is 9.61. The molecule has 2 aromatic carbocycles. The molecule has 9 heteroatoms. The van der Waals surface area contributed by atoms with Crippen LogP contribution in [0.4, 0.5) is 18.9 Å². The number of hydrazine groups is 1. The van der Waals surface area contributed by atoms with Gasteiger partial charge in [0.25, 0.3) is 5.91 Å². The van der Waals surface area contributed by atoms with Crippen LogP contribution in [0, 0.1) is 5.92 Å². The zero-order chi connectivity index (χ0) is 21.2. The maximum atomic E-state index is 13.4. The highest BCUT2D eigenvalue weighted by molar-refractivity contribution is 6.30. The summed E-state index contributed by atoms with van der Waals surface area (Å²) >= 11 is 6.00. The lowest BCUT2D eigenvalue weighted by atomic mass is 9.90. The number of benzene rings is 2. The molecule has 0 radical (unpaired) electrons. The van der Waals surface area contributed by atoms with Crippen LogP contribution in [0.15, 0.2) is 48.5 Å². The number of alkyl halides is 3. The van der Waals surface area contributed by atoms with Gasteiger partial charge in [-0.2, -0.15) is 13.2 Å². The molecule has 5 rings (SSSR count). The molecule has 0 spiro atoms. The van der Waals surface area contributed by atoms with Crippen molar-refractivity contribution in [1.82, 2.24) is 10.0 Å². The van der Waals surface area contributed by atoms with Gasteiger partial charge in [0.15, 0.2) is 0 Å². The summed E-state index contributed by atoms with van der Waals surface area (Å²) in [5.74, 6) is -1.64. The minimum absolute atomic E-state index is 0.0465. The number of rotatable bonds is 2. The predicted molar refractivity (Wildman–Crippen MR) is 103 cm³/mol. The van der Waals surface area contributed by atoms with E-state index in [1.807, 2.05) is 22.2 Å². The van der Waals surface area contributed by atoms with Crippen molar-refractivity contribution in [2.75, 3.05) is 18.0 Å². The largest absolute Gasteiger partial charge is 0.416 e. The average Bonchev–Trinajstić information content (AvgIpc) is 3.34. The van der Waals surface area contributed by atoms with Gasteiger partial charge < -0.3 is 0 Å². The monoisotopic (exact) mass is 435 g/mol. The van der Waals surface area contributed by atoms with E-state index < -0.39 is 35.5 Å². The molecule has 3 aliphatic heterocycles. The molecule has 2 amide bonds. The standard InChI is InChI=1S/C21H17ClF3N3O2/c22-14-7-5-12(6-8-14)17-16-18(27-10-2-9-26(17)27)20(30)28(19(16)29)15-4-1-3-13(11-15)21(23,24)25/h1,3-8,11,16-18H,2,9-10H2/t16-,17+,18+/m0/s1. The topological polar surface area (TPSA) is 43.9 Å². The number of carbonyl (C=O) groups is 2. The first-order chi connectivity index (χ1) is 14.3. The summed E-state index contributed by atoms with van der Waals surface area (Å²) in [6.45, 7) is 1.34. The predicted octanol–water partition coefficient (Wildman–Crippen LogP) is 3.89. The number of fused-ring (bicyclic) bond motifs is 3. The van der Waals surface area contributed by atoms with Crippen LogP contribution >= 0.6 is 11.6 Å². The Labute approximate surface area is 175 Å². The molecule has 0 saturated carbocycles. The van der Waals surface area contributed by atoms with Crippen LogP contribution in [0.5, 0.6) is 0 Å². The first kappa shape index (κ1) is 19.5. The van der Waals surface area contributed by atoms with Crippen molar-refractivity contribution >= 4 is 29.1 Å². The van der Waals surface area contributed by atoms with Gasteiger partial charge in [-0.25, -0.2) is 14.9 Å². The van der Waals surface area contributed by atoms with Gasteiger partial charge in [-0.1, -0.05) is 29.8 Å². The van der Waals surface area contributed by atoms with Crippen molar-refractivity contribution in [3.05, 3.63) is 64.7 Å². The van der Waals surface area contributed by atoms with Gasteiger partial charge in [0.05, 0.1) is 23.2 Å². The molecule has 0 N–H and O–H groups in total. The molecule has 3 atom stereocenters. The molecule has 156 valence electrons. The Bertz CT molecular complexity index is 1030. The van der Waals surface area contributed by atoms with E-state index in [0.29, 0.717) is 18.1 Å². The molecule has 0 bridgehead atoms. The molecule has 0 aromatic heterocycles. The van der Waals surface area contributed by atoms with E-state index in [0.717, 1.165) is 29.0 Å². The van der Waals surface area contributed by atoms with E-state index in [1.165, 1.54) is 12.1 Å². The Kier molecular flexibility index (Phi) is 4.43. The van der Waals surface area contributed by atoms with E-state index in [1.54, 1.807) is 12.1 Å². The lowest BCUT2D eigenvalue weighted by molar-refractivity contribution is -0.137. The fraction of sp³-hybridized carbons (Fsp3) is 0.333. The van der Waals surface area contributed by atoms with Crippen LogP contribution in [-0.4, -0.2) is 41.0 Å². The molecule has 30 heavy (non-hydrogen) atoms. The molecule has 3 saturated heterocycles. The quantitative estimate of drug-likeness (QED) is 0.671. The number of imide groups is 1. The SMILES string of the molecule is O=C1[C@H]2[C@@H](c3ccc(Cl)cc3)N3CCCN3[C@H]2C(=O)N1c1cccc(C(F)(F)F)c1. The van der Waals surface area contributed by atoms with Crippen molar-refractivity contribution in [3.8, 4) is 0 Å². The van der Waals surface area contributed by atoms with Gasteiger partial charge >= 0.3 is 6.18 Å². The highest BCUT2D eigenvalue weighted by Crippen LogP contribution is 2.49. The minimum Gasteiger partial charge on any atom is -0.274 e. The van der Waals surface area contributed by atoms with Crippen molar-refractivity contribution in [2.24, 2.45) is 5.92 Å². The Hall–Kier alpha value is -2.42. The smallest absolute Gasteiger partial charge is 0.274 e. The van der Waals surface area contributed by atoms with Crippen LogP contribution in [0.3, 0.4) is 0 Å². The molecule has 3 fully saturated rings. The molecule has 3 aliphatic rings. The van der Waals surface area contributed by atoms with Gasteiger partial charge in [0, 0.05) is 18.1 Å². The van der Waals surface area contributed by atoms with E-state index >= 15 is 0 Å². The zero-order valence-electron chi connectivity index (χ0n) is 15.6. The molecule has 0 aliphatic carbocycles. The lowest BCUT2D eigenvalue weighted by Gasteiger charge is -2.30. The summed E-state index contributed by atoms with van der Waals surface area (Å²) in [5.41, 5.74) is -0.0876. The number of carbonyl (C=O) groups excluding carboxylic acids is 2. The third-order valence-electron chi connectivity index (χ3n) is 6.05. The van der Waals surface area contributed by atoms with Gasteiger partial charge in [0.1, 0.15) is 6.04 Å². The Morgan fingerprint density at radius 2 is 1.57 bits per heavy atom. The molecule has 2 aromatic rings. The number of nitrogens with zero attached hydrogens (tertiary/aromatic N) is 3. The van der Waals surface area contributed by atoms with E-state index in [4.69, 9.17) is 11.6 Å². The second-order valence-electron chi connectivity index (χ2n) is 7.71. The summed E-state index contributed by atoms with van der Waals surface area (Å²) in [7, 11) is 0. The maximum absolute atomic E-state index is 13.4. The molecule has 5 nitrogen and oxygen atoms in total. The molecule has 0 unspecified atom stereocenters. The Morgan fingerprint density at radius 3 is 2.23 bits per heavy atom. The third kappa shape index (κ3) is 2.85. The second-order valence-corrected chi connectivity index (χ2v) is 8.14. The van der Waals surface area contributed by atoms with Crippen LogP contribution in [0.25, 0.3) is 0 Å². The van der Waals surface area contributed by atoms with E-state index in [-0.39, 0.29) is 11.7 Å². The number of amides is 2. The number of hydrogen-bond acceptors (Lipinski definition) is 4. The average molecular weight is 436 g/mol. The van der Waals surface area contributed by atoms with Gasteiger partial charge in [-0.3, -0.25) is 9.59 Å². The summed E-state index contributed by atoms with van der Waals surface area (Å²) in [6.07, 6.45) is -3.71. The summed E-state index contributed by atoms with van der Waals surface area (Å²) in [4.78, 5) is 27.6. The van der Waals surface area contributed by atoms with Gasteiger partial charge in [-0.15, -0.1) is 0 Å². The fourth-order valence-corrected chi connectivity index (χ4v) is 4.98. The van der Waals surface area contributed by atoms with Crippen LogP contribution in [0.2, 0.25) is 5.02 Å². The molecule has 3 heterocycles. The minimum atomic E-state index is -4.56. The van der Waals surface area contributed by atoms with Crippen molar-refractivity contribution < 1.29 is 22.8 Å². The second kappa shape index (κ2) is 6.80.